The van der Waals surface area contributed by atoms with Gasteiger partial charge in [0.1, 0.15) is 5.65 Å². The summed E-state index contributed by atoms with van der Waals surface area (Å²) >= 11 is 6.03. The second kappa shape index (κ2) is 8.46. The summed E-state index contributed by atoms with van der Waals surface area (Å²) in [7, 11) is 0. The number of aliphatic carboxylic acids is 1. The number of aliphatic hydroxyl groups is 1. The van der Waals surface area contributed by atoms with Gasteiger partial charge in [-0.05, 0) is 80.3 Å². The number of hydrogen-bond acceptors (Lipinski definition) is 3. The Morgan fingerprint density at radius 1 is 1.13 bits per heavy atom. The molecule has 2 aromatic heterocycles. The molecule has 0 amide bonds. The third-order valence-corrected chi connectivity index (χ3v) is 4.72. The summed E-state index contributed by atoms with van der Waals surface area (Å²) < 4.78 is 2.02. The Kier molecular flexibility index (Phi) is 6.15. The number of fused-ring (bicyclic) bond motifs is 3. The van der Waals surface area contributed by atoms with Crippen LogP contribution in [0.2, 0.25) is 5.02 Å². The molecule has 0 aliphatic carbocycles. The van der Waals surface area contributed by atoms with Crippen molar-refractivity contribution in [2.75, 3.05) is 0 Å². The molecule has 0 radical (unpaired) electrons. The summed E-state index contributed by atoms with van der Waals surface area (Å²) in [5.74, 6) is -0.846. The van der Waals surface area contributed by atoms with E-state index in [1.807, 2.05) is 60.0 Å². The van der Waals surface area contributed by atoms with E-state index in [0.717, 1.165) is 38.8 Å². The number of carbonyl (C=O) groups is 1. The van der Waals surface area contributed by atoms with Crippen LogP contribution in [-0.4, -0.2) is 31.2 Å². The lowest BCUT2D eigenvalue weighted by molar-refractivity contribution is -0.136. The molecular formula is C24H25ClN2O3. The van der Waals surface area contributed by atoms with Gasteiger partial charge in [-0.15, -0.1) is 0 Å². The summed E-state index contributed by atoms with van der Waals surface area (Å²) in [4.78, 5) is 15.8. The Balaban J connectivity index is 0.000000461. The van der Waals surface area contributed by atoms with Crippen molar-refractivity contribution in [1.29, 1.82) is 0 Å². The molecule has 0 aliphatic rings. The summed E-state index contributed by atoms with van der Waals surface area (Å²) in [5.41, 5.74) is 5.02. The molecule has 6 heteroatoms. The van der Waals surface area contributed by atoms with Gasteiger partial charge < -0.3 is 10.2 Å². The van der Waals surface area contributed by atoms with Crippen molar-refractivity contribution >= 4 is 34.1 Å². The average molecular weight is 425 g/mol. The number of aryl methyl sites for hydroxylation is 1. The van der Waals surface area contributed by atoms with Crippen molar-refractivity contribution in [1.82, 2.24) is 9.38 Å². The molecule has 0 saturated heterocycles. The number of imidazole rings is 1. The van der Waals surface area contributed by atoms with Crippen LogP contribution < -0.4 is 0 Å². The molecule has 2 heterocycles. The molecule has 0 atom stereocenters. The SMILES string of the molecule is CC(C)(C)O.Cc1cc2c(ccc3nccn32)c(-c2ccc(Cl)cc2)c1CC(=O)O. The van der Waals surface area contributed by atoms with Gasteiger partial charge in [-0.25, -0.2) is 4.98 Å². The molecule has 30 heavy (non-hydrogen) atoms. The van der Waals surface area contributed by atoms with Crippen molar-refractivity contribution in [2.24, 2.45) is 0 Å². The minimum absolute atomic E-state index is 0.0261. The highest BCUT2D eigenvalue weighted by Crippen LogP contribution is 2.35. The van der Waals surface area contributed by atoms with E-state index in [2.05, 4.69) is 4.98 Å². The van der Waals surface area contributed by atoms with E-state index in [1.54, 1.807) is 27.0 Å². The van der Waals surface area contributed by atoms with Crippen LogP contribution in [0, 0.1) is 6.92 Å². The molecule has 0 saturated carbocycles. The minimum atomic E-state index is -0.846. The fourth-order valence-corrected chi connectivity index (χ4v) is 3.48. The molecule has 2 N–H and O–H groups in total. The number of halogens is 1. The van der Waals surface area contributed by atoms with E-state index in [0.29, 0.717) is 5.02 Å². The lowest BCUT2D eigenvalue weighted by Crippen LogP contribution is -2.10. The van der Waals surface area contributed by atoms with E-state index in [-0.39, 0.29) is 6.42 Å². The quantitative estimate of drug-likeness (QED) is 0.454. The van der Waals surface area contributed by atoms with Crippen LogP contribution in [0.3, 0.4) is 0 Å². The largest absolute Gasteiger partial charge is 0.481 e. The van der Waals surface area contributed by atoms with Crippen molar-refractivity contribution in [3.63, 3.8) is 0 Å². The third-order valence-electron chi connectivity index (χ3n) is 4.47. The first kappa shape index (κ1) is 21.8. The predicted octanol–water partition coefficient (Wildman–Crippen LogP) is 5.52. The van der Waals surface area contributed by atoms with Crippen LogP contribution in [0.1, 0.15) is 31.9 Å². The Labute approximate surface area is 180 Å². The summed E-state index contributed by atoms with van der Waals surface area (Å²) in [6.07, 6.45) is 3.65. The van der Waals surface area contributed by atoms with Gasteiger partial charge in [-0.2, -0.15) is 0 Å². The molecule has 0 fully saturated rings. The van der Waals surface area contributed by atoms with Gasteiger partial charge in [0.2, 0.25) is 0 Å². The number of aromatic nitrogens is 2. The van der Waals surface area contributed by atoms with E-state index in [1.165, 1.54) is 0 Å². The fraction of sp³-hybridized carbons (Fsp3) is 0.250. The van der Waals surface area contributed by atoms with Crippen molar-refractivity contribution in [3.8, 4) is 11.1 Å². The van der Waals surface area contributed by atoms with Crippen LogP contribution in [0.25, 0.3) is 27.7 Å². The molecule has 156 valence electrons. The van der Waals surface area contributed by atoms with Crippen LogP contribution in [0.4, 0.5) is 0 Å². The molecule has 4 rings (SSSR count). The van der Waals surface area contributed by atoms with Crippen molar-refractivity contribution in [3.05, 3.63) is 71.0 Å². The summed E-state index contributed by atoms with van der Waals surface area (Å²) in [6, 6.07) is 13.5. The maximum Gasteiger partial charge on any atom is 0.307 e. The zero-order chi connectivity index (χ0) is 22.1. The van der Waals surface area contributed by atoms with E-state index < -0.39 is 11.6 Å². The number of carboxylic acid groups (broad SMARTS) is 1. The van der Waals surface area contributed by atoms with Gasteiger partial charge in [-0.3, -0.25) is 9.20 Å². The first-order valence-electron chi connectivity index (χ1n) is 9.63. The predicted molar refractivity (Wildman–Crippen MR) is 121 cm³/mol. The normalized spacial score (nSPS) is 11.4. The average Bonchev–Trinajstić information content (AvgIpc) is 3.11. The van der Waals surface area contributed by atoms with Gasteiger partial charge in [0, 0.05) is 22.8 Å². The highest BCUT2D eigenvalue weighted by atomic mass is 35.5. The Morgan fingerprint density at radius 3 is 2.37 bits per heavy atom. The molecule has 2 aromatic carbocycles. The number of rotatable bonds is 3. The fourth-order valence-electron chi connectivity index (χ4n) is 3.35. The van der Waals surface area contributed by atoms with Crippen LogP contribution in [0.5, 0.6) is 0 Å². The van der Waals surface area contributed by atoms with Gasteiger partial charge in [0.05, 0.1) is 17.5 Å². The van der Waals surface area contributed by atoms with Crippen LogP contribution in [-0.2, 0) is 11.2 Å². The molecule has 0 spiro atoms. The Hall–Kier alpha value is -2.89. The molecule has 5 nitrogen and oxygen atoms in total. The van der Waals surface area contributed by atoms with Gasteiger partial charge in [0.25, 0.3) is 0 Å². The highest BCUT2D eigenvalue weighted by molar-refractivity contribution is 6.30. The molecule has 4 aromatic rings. The maximum atomic E-state index is 11.4. The first-order chi connectivity index (χ1) is 14.0. The summed E-state index contributed by atoms with van der Waals surface area (Å²) in [6.45, 7) is 7.18. The Morgan fingerprint density at radius 2 is 1.77 bits per heavy atom. The Bertz CT molecular complexity index is 1200. The number of hydrogen-bond donors (Lipinski definition) is 2. The lowest BCUT2D eigenvalue weighted by Gasteiger charge is -2.16. The van der Waals surface area contributed by atoms with Crippen LogP contribution in [0.15, 0.2) is 54.9 Å². The topological polar surface area (TPSA) is 74.8 Å². The van der Waals surface area contributed by atoms with Crippen molar-refractivity contribution in [2.45, 2.75) is 39.7 Å². The molecule has 0 aliphatic heterocycles. The second-order valence-corrected chi connectivity index (χ2v) is 8.65. The number of nitrogens with zero attached hydrogens (tertiary/aromatic N) is 2. The van der Waals surface area contributed by atoms with Gasteiger partial charge >= 0.3 is 5.97 Å². The van der Waals surface area contributed by atoms with E-state index in [9.17, 15) is 9.90 Å². The number of carboxylic acids is 1. The zero-order valence-corrected chi connectivity index (χ0v) is 18.2. The van der Waals surface area contributed by atoms with E-state index >= 15 is 0 Å². The second-order valence-electron chi connectivity index (χ2n) is 8.22. The van der Waals surface area contributed by atoms with E-state index in [4.69, 9.17) is 16.7 Å². The number of benzene rings is 2. The minimum Gasteiger partial charge on any atom is -0.481 e. The van der Waals surface area contributed by atoms with Crippen molar-refractivity contribution < 1.29 is 15.0 Å². The lowest BCUT2D eigenvalue weighted by atomic mass is 9.90. The highest BCUT2D eigenvalue weighted by Gasteiger charge is 2.17. The maximum absolute atomic E-state index is 11.4. The van der Waals surface area contributed by atoms with Crippen LogP contribution >= 0.6 is 11.6 Å². The van der Waals surface area contributed by atoms with Gasteiger partial charge in [0.15, 0.2) is 0 Å². The third kappa shape index (κ3) is 4.99. The zero-order valence-electron chi connectivity index (χ0n) is 17.5. The molecule has 0 bridgehead atoms. The summed E-state index contributed by atoms with van der Waals surface area (Å²) in [5, 5.41) is 19.5. The standard InChI is InChI=1S/C20H15ClN2O2.C4H10O/c1-12-10-17-15(6-7-18-22-8-9-23(17)18)20(16(12)11-19(24)25)13-2-4-14(21)5-3-13;1-4(2,3)5/h2-10H,11H2,1H3,(H,24,25);5H,1-3H3. The number of pyridine rings is 1. The van der Waals surface area contributed by atoms with Gasteiger partial charge in [-0.1, -0.05) is 23.7 Å². The monoisotopic (exact) mass is 424 g/mol. The first-order valence-corrected chi connectivity index (χ1v) is 10.0. The molecule has 0 unspecified atom stereocenters. The smallest absolute Gasteiger partial charge is 0.307 e. The molecular weight excluding hydrogens is 400 g/mol.